The third kappa shape index (κ3) is 2.57. The molecule has 6 heteroatoms. The molecule has 1 fully saturated rings. The molecule has 1 aromatic carbocycles. The van der Waals surface area contributed by atoms with E-state index in [9.17, 15) is 0 Å². The highest BCUT2D eigenvalue weighted by molar-refractivity contribution is 6.31. The summed E-state index contributed by atoms with van der Waals surface area (Å²) in [6.45, 7) is 2.42. The van der Waals surface area contributed by atoms with E-state index in [1.807, 2.05) is 12.1 Å². The van der Waals surface area contributed by atoms with Crippen LogP contribution < -0.4 is 5.73 Å². The molecule has 2 N–H and O–H groups in total. The van der Waals surface area contributed by atoms with Crippen LogP contribution in [0.3, 0.4) is 0 Å². The topological polar surface area (TPSA) is 68.2 Å². The van der Waals surface area contributed by atoms with Crippen LogP contribution >= 0.6 is 11.6 Å². The van der Waals surface area contributed by atoms with E-state index in [2.05, 4.69) is 28.2 Å². The summed E-state index contributed by atoms with van der Waals surface area (Å²) >= 11 is 6.42. The van der Waals surface area contributed by atoms with Crippen molar-refractivity contribution in [3.63, 3.8) is 0 Å². The summed E-state index contributed by atoms with van der Waals surface area (Å²) in [5, 5.41) is 4.67. The molecule has 0 saturated carbocycles. The largest absolute Gasteiger partial charge is 0.338 e. The van der Waals surface area contributed by atoms with Crippen LogP contribution in [0.15, 0.2) is 22.7 Å². The molecule has 5 nitrogen and oxygen atoms in total. The first-order chi connectivity index (χ1) is 9.67. The minimum Gasteiger partial charge on any atom is -0.338 e. The van der Waals surface area contributed by atoms with Gasteiger partial charge in [0.05, 0.1) is 6.54 Å². The van der Waals surface area contributed by atoms with Gasteiger partial charge < -0.3 is 15.2 Å². The van der Waals surface area contributed by atoms with Crippen molar-refractivity contribution in [1.82, 2.24) is 15.0 Å². The molecule has 20 heavy (non-hydrogen) atoms. The molecule has 1 atom stereocenters. The standard InChI is InChI=1S/C14H17ClN4O/c1-19-5-4-10(8-19)11-3-2-9(6-12(11)15)14-17-13(7-16)20-18-14/h2-3,6,10H,4-5,7-8,16H2,1H3. The molecular formula is C14H17ClN4O. The summed E-state index contributed by atoms with van der Waals surface area (Å²) in [7, 11) is 2.13. The zero-order valence-corrected chi connectivity index (χ0v) is 12.1. The lowest BCUT2D eigenvalue weighted by Crippen LogP contribution is -2.13. The van der Waals surface area contributed by atoms with Crippen LogP contribution in [0.5, 0.6) is 0 Å². The first-order valence-electron chi connectivity index (χ1n) is 6.68. The lowest BCUT2D eigenvalue weighted by Gasteiger charge is -2.13. The summed E-state index contributed by atoms with van der Waals surface area (Å²) in [5.74, 6) is 1.46. The van der Waals surface area contributed by atoms with Crippen molar-refractivity contribution in [2.24, 2.45) is 5.73 Å². The predicted molar refractivity (Wildman–Crippen MR) is 77.5 cm³/mol. The number of likely N-dealkylation sites (N-methyl/N-ethyl adjacent to an activating group) is 1. The van der Waals surface area contributed by atoms with Gasteiger partial charge in [0, 0.05) is 17.1 Å². The molecule has 1 aromatic heterocycles. The molecule has 0 bridgehead atoms. The molecule has 1 aliphatic heterocycles. The van der Waals surface area contributed by atoms with E-state index in [-0.39, 0.29) is 6.54 Å². The average molecular weight is 293 g/mol. The van der Waals surface area contributed by atoms with Crippen LogP contribution in [-0.4, -0.2) is 35.2 Å². The third-order valence-electron chi connectivity index (χ3n) is 3.73. The number of hydrogen-bond acceptors (Lipinski definition) is 5. The number of hydrogen-bond donors (Lipinski definition) is 1. The van der Waals surface area contributed by atoms with Crippen molar-refractivity contribution < 1.29 is 4.52 Å². The molecule has 0 radical (unpaired) electrons. The van der Waals surface area contributed by atoms with Crippen molar-refractivity contribution >= 4 is 11.6 Å². The number of nitrogens with zero attached hydrogens (tertiary/aromatic N) is 3. The van der Waals surface area contributed by atoms with Crippen LogP contribution in [0, 0.1) is 0 Å². The van der Waals surface area contributed by atoms with E-state index >= 15 is 0 Å². The van der Waals surface area contributed by atoms with Gasteiger partial charge in [-0.2, -0.15) is 4.98 Å². The minimum atomic E-state index is 0.243. The number of likely N-dealkylation sites (tertiary alicyclic amines) is 1. The maximum Gasteiger partial charge on any atom is 0.240 e. The fourth-order valence-electron chi connectivity index (χ4n) is 2.64. The summed E-state index contributed by atoms with van der Waals surface area (Å²) in [5.41, 5.74) is 7.52. The molecule has 106 valence electrons. The van der Waals surface area contributed by atoms with Gasteiger partial charge in [-0.05, 0) is 37.6 Å². The van der Waals surface area contributed by atoms with Gasteiger partial charge in [-0.3, -0.25) is 0 Å². The summed E-state index contributed by atoms with van der Waals surface area (Å²) in [6, 6.07) is 5.96. The van der Waals surface area contributed by atoms with Gasteiger partial charge in [0.15, 0.2) is 0 Å². The van der Waals surface area contributed by atoms with Crippen molar-refractivity contribution in [3.8, 4) is 11.4 Å². The van der Waals surface area contributed by atoms with Gasteiger partial charge in [-0.25, -0.2) is 0 Å². The highest BCUT2D eigenvalue weighted by Gasteiger charge is 2.23. The SMILES string of the molecule is CN1CCC(c2ccc(-c3noc(CN)n3)cc2Cl)C1. The smallest absolute Gasteiger partial charge is 0.240 e. The number of rotatable bonds is 3. The molecule has 2 aromatic rings. The molecule has 1 aliphatic rings. The Morgan fingerprint density at radius 1 is 1.50 bits per heavy atom. The fraction of sp³-hybridized carbons (Fsp3) is 0.429. The molecule has 0 amide bonds. The van der Waals surface area contributed by atoms with Gasteiger partial charge >= 0.3 is 0 Å². The average Bonchev–Trinajstić information content (AvgIpc) is 3.07. The Hall–Kier alpha value is -1.43. The second kappa shape index (κ2) is 5.52. The van der Waals surface area contributed by atoms with Crippen molar-refractivity contribution in [1.29, 1.82) is 0 Å². The summed E-state index contributed by atoms with van der Waals surface area (Å²) in [4.78, 5) is 6.53. The molecule has 0 spiro atoms. The number of aromatic nitrogens is 2. The van der Waals surface area contributed by atoms with Gasteiger partial charge in [-0.15, -0.1) is 0 Å². The zero-order valence-electron chi connectivity index (χ0n) is 11.3. The first kappa shape index (κ1) is 13.5. The maximum absolute atomic E-state index is 6.42. The minimum absolute atomic E-state index is 0.243. The van der Waals surface area contributed by atoms with Crippen LogP contribution in [0.25, 0.3) is 11.4 Å². The van der Waals surface area contributed by atoms with Crippen molar-refractivity contribution in [2.75, 3.05) is 20.1 Å². The molecule has 1 saturated heterocycles. The van der Waals surface area contributed by atoms with Gasteiger partial charge in [0.25, 0.3) is 0 Å². The van der Waals surface area contributed by atoms with E-state index in [4.69, 9.17) is 21.9 Å². The van der Waals surface area contributed by atoms with E-state index in [0.29, 0.717) is 17.6 Å². The Bertz CT molecular complexity index is 613. The van der Waals surface area contributed by atoms with Crippen molar-refractivity contribution in [3.05, 3.63) is 34.7 Å². The lowest BCUT2D eigenvalue weighted by molar-refractivity contribution is 0.380. The molecule has 0 aliphatic carbocycles. The molecule has 1 unspecified atom stereocenters. The monoisotopic (exact) mass is 292 g/mol. The van der Waals surface area contributed by atoms with Crippen molar-refractivity contribution in [2.45, 2.75) is 18.9 Å². The first-order valence-corrected chi connectivity index (χ1v) is 7.06. The molecular weight excluding hydrogens is 276 g/mol. The highest BCUT2D eigenvalue weighted by atomic mass is 35.5. The highest BCUT2D eigenvalue weighted by Crippen LogP contribution is 2.33. The fourth-order valence-corrected chi connectivity index (χ4v) is 2.98. The van der Waals surface area contributed by atoms with E-state index in [0.717, 1.165) is 30.1 Å². The van der Waals surface area contributed by atoms with E-state index < -0.39 is 0 Å². The zero-order chi connectivity index (χ0) is 14.1. The number of nitrogens with two attached hydrogens (primary N) is 1. The summed E-state index contributed by atoms with van der Waals surface area (Å²) < 4.78 is 5.02. The predicted octanol–water partition coefficient (Wildman–Crippen LogP) is 2.27. The Balaban J connectivity index is 1.87. The van der Waals surface area contributed by atoms with Crippen LogP contribution in [0.2, 0.25) is 5.02 Å². The number of benzene rings is 1. The van der Waals surface area contributed by atoms with Gasteiger partial charge in [-0.1, -0.05) is 28.9 Å². The molecule has 2 heterocycles. The quantitative estimate of drug-likeness (QED) is 0.940. The lowest BCUT2D eigenvalue weighted by atomic mass is 9.97. The summed E-state index contributed by atoms with van der Waals surface area (Å²) in [6.07, 6.45) is 1.15. The van der Waals surface area contributed by atoms with E-state index in [1.165, 1.54) is 5.56 Å². The normalized spacial score (nSPS) is 19.6. The van der Waals surface area contributed by atoms with Gasteiger partial charge in [0.2, 0.25) is 11.7 Å². The van der Waals surface area contributed by atoms with Gasteiger partial charge in [0.1, 0.15) is 0 Å². The Kier molecular flexibility index (Phi) is 3.74. The number of halogens is 1. The molecule has 3 rings (SSSR count). The third-order valence-corrected chi connectivity index (χ3v) is 4.06. The Morgan fingerprint density at radius 2 is 2.35 bits per heavy atom. The maximum atomic E-state index is 6.42. The Morgan fingerprint density at radius 3 is 2.95 bits per heavy atom. The van der Waals surface area contributed by atoms with Crippen LogP contribution in [0.1, 0.15) is 23.8 Å². The van der Waals surface area contributed by atoms with Crippen LogP contribution in [-0.2, 0) is 6.54 Å². The Labute approximate surface area is 122 Å². The van der Waals surface area contributed by atoms with E-state index in [1.54, 1.807) is 0 Å². The van der Waals surface area contributed by atoms with Crippen LogP contribution in [0.4, 0.5) is 0 Å². The second-order valence-corrected chi connectivity index (χ2v) is 5.61. The second-order valence-electron chi connectivity index (χ2n) is 5.20.